The zero-order chi connectivity index (χ0) is 15.8. The van der Waals surface area contributed by atoms with Gasteiger partial charge in [-0.25, -0.2) is 8.42 Å². The van der Waals surface area contributed by atoms with E-state index in [9.17, 15) is 18.6 Å². The third-order valence-corrected chi connectivity index (χ3v) is 5.98. The van der Waals surface area contributed by atoms with Crippen LogP contribution in [0.15, 0.2) is 29.2 Å². The van der Waals surface area contributed by atoms with Crippen molar-refractivity contribution in [3.8, 4) is 0 Å². The third-order valence-electron chi connectivity index (χ3n) is 4.11. The van der Waals surface area contributed by atoms with E-state index < -0.39 is 27.6 Å². The molecule has 0 spiro atoms. The Labute approximate surface area is 126 Å². The van der Waals surface area contributed by atoms with Crippen molar-refractivity contribution < 1.29 is 18.6 Å². The first kappa shape index (κ1) is 16.4. The first-order valence-corrected chi connectivity index (χ1v) is 8.53. The largest absolute Gasteiger partial charge is 0.393 e. The van der Waals surface area contributed by atoms with Crippen LogP contribution in [-0.4, -0.2) is 47.7 Å². The minimum atomic E-state index is -3.58. The monoisotopic (exact) mass is 313 g/mol. The van der Waals surface area contributed by atoms with E-state index in [2.05, 4.69) is 0 Å². The summed E-state index contributed by atoms with van der Waals surface area (Å²) in [7, 11) is -3.58. The summed E-state index contributed by atoms with van der Waals surface area (Å²) in [5.74, 6) is -0.494. The molecule has 0 aromatic heterocycles. The molecule has 5 nitrogen and oxygen atoms in total. The molecule has 0 unspecified atom stereocenters. The van der Waals surface area contributed by atoms with Crippen LogP contribution >= 0.6 is 0 Å². The van der Waals surface area contributed by atoms with Gasteiger partial charge in [0.2, 0.25) is 10.0 Å². The second kappa shape index (κ2) is 5.68. The molecular weight excluding hydrogens is 290 g/mol. The van der Waals surface area contributed by atoms with Crippen molar-refractivity contribution >= 4 is 10.0 Å². The fraction of sp³-hybridized carbons (Fsp3) is 0.600. The molecule has 1 aromatic rings. The minimum Gasteiger partial charge on any atom is -0.393 e. The molecule has 0 radical (unpaired) electrons. The molecule has 2 rings (SSSR count). The topological polar surface area (TPSA) is 77.8 Å². The van der Waals surface area contributed by atoms with E-state index in [-0.39, 0.29) is 18.0 Å². The van der Waals surface area contributed by atoms with Gasteiger partial charge in [-0.2, -0.15) is 4.31 Å². The van der Waals surface area contributed by atoms with Crippen molar-refractivity contribution in [1.82, 2.24) is 4.31 Å². The van der Waals surface area contributed by atoms with Gasteiger partial charge in [-0.3, -0.25) is 0 Å². The summed E-state index contributed by atoms with van der Waals surface area (Å²) in [6.45, 7) is 5.49. The predicted octanol–water partition coefficient (Wildman–Crippen LogP) is 1.14. The minimum absolute atomic E-state index is 0.126. The van der Waals surface area contributed by atoms with Gasteiger partial charge in [-0.15, -0.1) is 0 Å². The van der Waals surface area contributed by atoms with Gasteiger partial charge >= 0.3 is 0 Å². The van der Waals surface area contributed by atoms with Crippen LogP contribution in [0.3, 0.4) is 0 Å². The Morgan fingerprint density at radius 1 is 1.24 bits per heavy atom. The van der Waals surface area contributed by atoms with Gasteiger partial charge in [0.1, 0.15) is 0 Å². The number of aryl methyl sites for hydroxylation is 1. The number of nitrogens with zero attached hydrogens (tertiary/aromatic N) is 1. The molecule has 2 atom stereocenters. The van der Waals surface area contributed by atoms with Crippen molar-refractivity contribution in [2.24, 2.45) is 5.92 Å². The molecule has 1 fully saturated rings. The highest BCUT2D eigenvalue weighted by Crippen LogP contribution is 2.30. The highest BCUT2D eigenvalue weighted by atomic mass is 32.2. The van der Waals surface area contributed by atoms with Crippen molar-refractivity contribution in [1.29, 1.82) is 0 Å². The normalized spacial score (nSPS) is 25.0. The summed E-state index contributed by atoms with van der Waals surface area (Å²) in [4.78, 5) is 0.249. The molecule has 0 amide bonds. The maximum absolute atomic E-state index is 12.6. The average Bonchev–Trinajstić information content (AvgIpc) is 2.38. The Hall–Kier alpha value is -0.950. The quantitative estimate of drug-likeness (QED) is 0.877. The summed E-state index contributed by atoms with van der Waals surface area (Å²) >= 11 is 0. The van der Waals surface area contributed by atoms with E-state index in [0.717, 1.165) is 5.56 Å². The molecule has 0 bridgehead atoms. The van der Waals surface area contributed by atoms with Gasteiger partial charge in [-0.05, 0) is 39.3 Å². The molecule has 0 saturated carbocycles. The average molecular weight is 313 g/mol. The Balaban J connectivity index is 2.27. The van der Waals surface area contributed by atoms with Crippen LogP contribution in [0, 0.1) is 12.8 Å². The van der Waals surface area contributed by atoms with Crippen LogP contribution in [0.1, 0.15) is 25.8 Å². The maximum atomic E-state index is 12.6. The maximum Gasteiger partial charge on any atom is 0.243 e. The molecule has 1 aliphatic heterocycles. The van der Waals surface area contributed by atoms with Gasteiger partial charge in [-0.1, -0.05) is 17.7 Å². The smallest absolute Gasteiger partial charge is 0.243 e. The van der Waals surface area contributed by atoms with Crippen LogP contribution in [0.25, 0.3) is 0 Å². The molecular formula is C15H23NO4S. The van der Waals surface area contributed by atoms with Gasteiger partial charge < -0.3 is 10.2 Å². The molecule has 1 heterocycles. The van der Waals surface area contributed by atoms with Crippen LogP contribution in [0.2, 0.25) is 0 Å². The molecule has 21 heavy (non-hydrogen) atoms. The molecule has 1 aliphatic rings. The zero-order valence-corrected chi connectivity index (χ0v) is 13.5. The first-order valence-electron chi connectivity index (χ1n) is 7.09. The van der Waals surface area contributed by atoms with Crippen LogP contribution in [0.5, 0.6) is 0 Å². The van der Waals surface area contributed by atoms with Crippen LogP contribution in [0.4, 0.5) is 0 Å². The van der Waals surface area contributed by atoms with Crippen molar-refractivity contribution in [3.05, 3.63) is 29.8 Å². The van der Waals surface area contributed by atoms with Crippen LogP contribution in [-0.2, 0) is 10.0 Å². The summed E-state index contributed by atoms with van der Waals surface area (Å²) < 4.78 is 26.6. The lowest BCUT2D eigenvalue weighted by Crippen LogP contribution is -2.53. The Morgan fingerprint density at radius 2 is 1.81 bits per heavy atom. The molecule has 1 saturated heterocycles. The van der Waals surface area contributed by atoms with Crippen molar-refractivity contribution in [3.63, 3.8) is 0 Å². The predicted molar refractivity (Wildman–Crippen MR) is 80.3 cm³/mol. The number of hydrogen-bond donors (Lipinski definition) is 2. The fourth-order valence-corrected chi connectivity index (χ4v) is 4.16. The number of aliphatic hydroxyl groups excluding tert-OH is 1. The Kier molecular flexibility index (Phi) is 4.44. The fourth-order valence-electron chi connectivity index (χ4n) is 2.68. The molecule has 2 N–H and O–H groups in total. The summed E-state index contributed by atoms with van der Waals surface area (Å²) in [6, 6.07) is 6.71. The first-order chi connectivity index (χ1) is 9.62. The lowest BCUT2D eigenvalue weighted by atomic mass is 9.83. The number of piperidine rings is 1. The molecule has 118 valence electrons. The number of hydrogen-bond acceptors (Lipinski definition) is 4. The molecule has 1 aromatic carbocycles. The summed E-state index contributed by atoms with van der Waals surface area (Å²) in [5, 5.41) is 20.1. The number of sulfonamides is 1. The lowest BCUT2D eigenvalue weighted by molar-refractivity contribution is -0.0704. The molecule has 0 aliphatic carbocycles. The second-order valence-electron chi connectivity index (χ2n) is 6.29. The van der Waals surface area contributed by atoms with Crippen molar-refractivity contribution in [2.75, 3.05) is 13.1 Å². The van der Waals surface area contributed by atoms with Gasteiger partial charge in [0.15, 0.2) is 0 Å². The van der Waals surface area contributed by atoms with E-state index in [1.54, 1.807) is 38.1 Å². The number of aliphatic hydroxyl groups is 2. The summed E-state index contributed by atoms with van der Waals surface area (Å²) in [6.07, 6.45) is -0.353. The molecule has 6 heteroatoms. The Morgan fingerprint density at radius 3 is 2.33 bits per heavy atom. The van der Waals surface area contributed by atoms with Gasteiger partial charge in [0.25, 0.3) is 0 Å². The standard InChI is InChI=1S/C15H23NO4S/c1-11-4-6-12(7-5-11)21(19,20)16-9-8-14(17)13(10-16)15(2,3)18/h4-7,13-14,17-18H,8-10H2,1-3H3/t13-,14-/m0/s1. The van der Waals surface area contributed by atoms with Gasteiger partial charge in [0, 0.05) is 19.0 Å². The van der Waals surface area contributed by atoms with Crippen LogP contribution < -0.4 is 0 Å². The van der Waals surface area contributed by atoms with E-state index in [1.165, 1.54) is 4.31 Å². The summed E-state index contributed by atoms with van der Waals surface area (Å²) in [5.41, 5.74) is -0.127. The van der Waals surface area contributed by atoms with Gasteiger partial charge in [0.05, 0.1) is 16.6 Å². The van der Waals surface area contributed by atoms with E-state index >= 15 is 0 Å². The zero-order valence-electron chi connectivity index (χ0n) is 12.7. The highest BCUT2D eigenvalue weighted by Gasteiger charge is 2.41. The lowest BCUT2D eigenvalue weighted by Gasteiger charge is -2.41. The van der Waals surface area contributed by atoms with Crippen molar-refractivity contribution in [2.45, 2.75) is 43.8 Å². The second-order valence-corrected chi connectivity index (χ2v) is 8.23. The third kappa shape index (κ3) is 3.45. The van der Waals surface area contributed by atoms with E-state index in [4.69, 9.17) is 0 Å². The van der Waals surface area contributed by atoms with E-state index in [0.29, 0.717) is 6.42 Å². The number of rotatable bonds is 3. The highest BCUT2D eigenvalue weighted by molar-refractivity contribution is 7.89. The van der Waals surface area contributed by atoms with E-state index in [1.807, 2.05) is 6.92 Å². The SMILES string of the molecule is Cc1ccc(S(=O)(=O)N2CC[C@H](O)[C@@H](C(C)(C)O)C2)cc1. The number of benzene rings is 1. The Bertz CT molecular complexity index is 589.